The molecular formula is C9H10N4O2S. The molecule has 1 amide bonds. The van der Waals surface area contributed by atoms with Crippen molar-refractivity contribution < 1.29 is 9.21 Å². The van der Waals surface area contributed by atoms with Crippen LogP contribution >= 0.6 is 11.3 Å². The lowest BCUT2D eigenvalue weighted by atomic mass is 10.4. The highest BCUT2D eigenvalue weighted by molar-refractivity contribution is 7.18. The Morgan fingerprint density at radius 2 is 2.44 bits per heavy atom. The first-order chi connectivity index (χ1) is 7.79. The molecule has 0 atom stereocenters. The van der Waals surface area contributed by atoms with Crippen LogP contribution in [-0.4, -0.2) is 22.6 Å². The number of amides is 1. The zero-order chi connectivity index (χ0) is 11.4. The predicted molar refractivity (Wildman–Crippen MR) is 59.9 cm³/mol. The minimum Gasteiger partial charge on any atom is -0.462 e. The van der Waals surface area contributed by atoms with Gasteiger partial charge in [-0.25, -0.2) is 0 Å². The van der Waals surface area contributed by atoms with E-state index in [0.717, 1.165) is 0 Å². The van der Waals surface area contributed by atoms with Crippen LogP contribution in [0.5, 0.6) is 0 Å². The summed E-state index contributed by atoms with van der Waals surface area (Å²) in [5.41, 5.74) is 5.26. The van der Waals surface area contributed by atoms with Gasteiger partial charge in [0.1, 0.15) is 0 Å². The quantitative estimate of drug-likeness (QED) is 0.831. The van der Waals surface area contributed by atoms with E-state index < -0.39 is 0 Å². The van der Waals surface area contributed by atoms with E-state index >= 15 is 0 Å². The van der Waals surface area contributed by atoms with Crippen molar-refractivity contribution in [1.29, 1.82) is 0 Å². The van der Waals surface area contributed by atoms with Gasteiger partial charge in [0.15, 0.2) is 10.8 Å². The lowest BCUT2D eigenvalue weighted by molar-refractivity contribution is -0.116. The Kier molecular flexibility index (Phi) is 3.28. The number of anilines is 1. The minimum absolute atomic E-state index is 0.162. The third-order valence-corrected chi connectivity index (χ3v) is 2.63. The Morgan fingerprint density at radius 1 is 1.56 bits per heavy atom. The molecule has 3 N–H and O–H groups in total. The number of hydrogen-bond donors (Lipinski definition) is 2. The highest BCUT2D eigenvalue weighted by atomic mass is 32.1. The maximum absolute atomic E-state index is 11.2. The van der Waals surface area contributed by atoms with Crippen LogP contribution in [0.1, 0.15) is 6.42 Å². The van der Waals surface area contributed by atoms with Gasteiger partial charge in [-0.05, 0) is 12.1 Å². The highest BCUT2D eigenvalue weighted by Crippen LogP contribution is 2.26. The van der Waals surface area contributed by atoms with E-state index in [-0.39, 0.29) is 12.3 Å². The van der Waals surface area contributed by atoms with E-state index in [4.69, 9.17) is 10.2 Å². The molecular weight excluding hydrogens is 228 g/mol. The summed E-state index contributed by atoms with van der Waals surface area (Å²) in [7, 11) is 0. The second-order valence-corrected chi connectivity index (χ2v) is 3.95. The molecule has 2 aromatic heterocycles. The van der Waals surface area contributed by atoms with Crippen molar-refractivity contribution in [2.24, 2.45) is 5.73 Å². The maximum atomic E-state index is 11.2. The molecule has 0 radical (unpaired) electrons. The van der Waals surface area contributed by atoms with Gasteiger partial charge in [0.25, 0.3) is 0 Å². The molecule has 0 saturated carbocycles. The number of aromatic nitrogens is 2. The molecule has 2 aromatic rings. The minimum atomic E-state index is -0.162. The fourth-order valence-corrected chi connectivity index (χ4v) is 1.81. The van der Waals surface area contributed by atoms with Gasteiger partial charge < -0.3 is 15.5 Å². The Bertz CT molecular complexity index is 466. The van der Waals surface area contributed by atoms with Gasteiger partial charge in [0.2, 0.25) is 11.0 Å². The first kappa shape index (κ1) is 10.8. The first-order valence-electron chi connectivity index (χ1n) is 4.67. The third-order valence-electron chi connectivity index (χ3n) is 1.77. The molecule has 6 nitrogen and oxygen atoms in total. The molecule has 0 aromatic carbocycles. The SMILES string of the molecule is NCCC(=O)Nc1nnc(-c2ccco2)s1. The van der Waals surface area contributed by atoms with Gasteiger partial charge in [-0.2, -0.15) is 0 Å². The maximum Gasteiger partial charge on any atom is 0.227 e. The van der Waals surface area contributed by atoms with Crippen molar-refractivity contribution >= 4 is 22.4 Å². The number of nitrogens with one attached hydrogen (secondary N) is 1. The van der Waals surface area contributed by atoms with E-state index in [1.54, 1.807) is 18.4 Å². The van der Waals surface area contributed by atoms with Crippen molar-refractivity contribution in [3.63, 3.8) is 0 Å². The van der Waals surface area contributed by atoms with Crippen LogP contribution < -0.4 is 11.1 Å². The van der Waals surface area contributed by atoms with Crippen LogP contribution in [0.3, 0.4) is 0 Å². The monoisotopic (exact) mass is 238 g/mol. The van der Waals surface area contributed by atoms with Crippen LogP contribution in [0, 0.1) is 0 Å². The van der Waals surface area contributed by atoms with E-state index in [2.05, 4.69) is 15.5 Å². The van der Waals surface area contributed by atoms with Gasteiger partial charge in [0, 0.05) is 13.0 Å². The molecule has 0 bridgehead atoms. The predicted octanol–water partition coefficient (Wildman–Crippen LogP) is 1.09. The molecule has 0 aliphatic rings. The second kappa shape index (κ2) is 4.86. The van der Waals surface area contributed by atoms with Gasteiger partial charge >= 0.3 is 0 Å². The largest absolute Gasteiger partial charge is 0.462 e. The standard InChI is InChI=1S/C9H10N4O2S/c10-4-3-7(14)11-9-13-12-8(16-9)6-2-1-5-15-6/h1-2,5H,3-4,10H2,(H,11,13,14). The molecule has 0 spiro atoms. The second-order valence-electron chi connectivity index (χ2n) is 2.98. The summed E-state index contributed by atoms with van der Waals surface area (Å²) < 4.78 is 5.16. The van der Waals surface area contributed by atoms with Crippen LogP contribution in [0.2, 0.25) is 0 Å². The van der Waals surface area contributed by atoms with Crippen LogP contribution in [0.15, 0.2) is 22.8 Å². The smallest absolute Gasteiger partial charge is 0.227 e. The van der Waals surface area contributed by atoms with Crippen molar-refractivity contribution in [1.82, 2.24) is 10.2 Å². The molecule has 0 fully saturated rings. The summed E-state index contributed by atoms with van der Waals surface area (Å²) >= 11 is 1.26. The number of hydrogen-bond acceptors (Lipinski definition) is 6. The Morgan fingerprint density at radius 3 is 3.12 bits per heavy atom. The van der Waals surface area contributed by atoms with Crippen molar-refractivity contribution in [2.45, 2.75) is 6.42 Å². The fourth-order valence-electron chi connectivity index (χ4n) is 1.09. The number of nitrogens with zero attached hydrogens (tertiary/aromatic N) is 2. The van der Waals surface area contributed by atoms with Crippen LogP contribution in [0.4, 0.5) is 5.13 Å². The van der Waals surface area contributed by atoms with Gasteiger partial charge in [0.05, 0.1) is 6.26 Å². The van der Waals surface area contributed by atoms with Crippen LogP contribution in [0.25, 0.3) is 10.8 Å². The van der Waals surface area contributed by atoms with Gasteiger partial charge in [-0.3, -0.25) is 4.79 Å². The summed E-state index contributed by atoms with van der Waals surface area (Å²) in [6.07, 6.45) is 1.83. The molecule has 2 heterocycles. The zero-order valence-electron chi connectivity index (χ0n) is 8.34. The highest BCUT2D eigenvalue weighted by Gasteiger charge is 2.10. The van der Waals surface area contributed by atoms with Crippen molar-refractivity contribution in [3.05, 3.63) is 18.4 Å². The van der Waals surface area contributed by atoms with Crippen molar-refractivity contribution in [2.75, 3.05) is 11.9 Å². The third kappa shape index (κ3) is 2.44. The van der Waals surface area contributed by atoms with Crippen LogP contribution in [-0.2, 0) is 4.79 Å². The van der Waals surface area contributed by atoms with E-state index in [0.29, 0.717) is 22.4 Å². The summed E-state index contributed by atoms with van der Waals surface area (Å²) in [6.45, 7) is 0.315. The number of carbonyl (C=O) groups is 1. The van der Waals surface area contributed by atoms with Gasteiger partial charge in [-0.1, -0.05) is 11.3 Å². The molecule has 2 rings (SSSR count). The molecule has 0 aliphatic carbocycles. The summed E-state index contributed by atoms with van der Waals surface area (Å²) in [5.74, 6) is 0.474. The van der Waals surface area contributed by atoms with Crippen molar-refractivity contribution in [3.8, 4) is 10.8 Å². The van der Waals surface area contributed by atoms with E-state index in [1.807, 2.05) is 0 Å². The first-order valence-corrected chi connectivity index (χ1v) is 5.48. The van der Waals surface area contributed by atoms with E-state index in [1.165, 1.54) is 11.3 Å². The Balaban J connectivity index is 2.06. The number of carbonyl (C=O) groups excluding carboxylic acids is 1. The normalized spacial score (nSPS) is 10.3. The average Bonchev–Trinajstić information content (AvgIpc) is 2.86. The zero-order valence-corrected chi connectivity index (χ0v) is 9.16. The lowest BCUT2D eigenvalue weighted by Gasteiger charge is -1.96. The number of furan rings is 1. The molecule has 0 aliphatic heterocycles. The molecule has 7 heteroatoms. The molecule has 84 valence electrons. The Labute approximate surface area is 95.5 Å². The molecule has 0 unspecified atom stereocenters. The number of nitrogens with two attached hydrogens (primary N) is 1. The summed E-state index contributed by atoms with van der Waals surface area (Å²) in [4.78, 5) is 11.2. The molecule has 16 heavy (non-hydrogen) atoms. The summed E-state index contributed by atoms with van der Waals surface area (Å²) in [6, 6.07) is 3.55. The lowest BCUT2D eigenvalue weighted by Crippen LogP contribution is -2.15. The topological polar surface area (TPSA) is 94.0 Å². The number of rotatable bonds is 4. The van der Waals surface area contributed by atoms with E-state index in [9.17, 15) is 4.79 Å². The Hall–Kier alpha value is -1.73. The van der Waals surface area contributed by atoms with Gasteiger partial charge in [-0.15, -0.1) is 10.2 Å². The summed E-state index contributed by atoms with van der Waals surface area (Å²) in [5, 5.41) is 11.4. The molecule has 0 saturated heterocycles. The average molecular weight is 238 g/mol. The fraction of sp³-hybridized carbons (Fsp3) is 0.222.